The molecule has 6 heteroatoms. The van der Waals surface area contributed by atoms with Crippen LogP contribution < -0.4 is 11.5 Å². The van der Waals surface area contributed by atoms with E-state index in [-0.39, 0.29) is 11.1 Å². The second kappa shape index (κ2) is 6.53. The fourth-order valence-corrected chi connectivity index (χ4v) is 1.86. The van der Waals surface area contributed by atoms with Crippen molar-refractivity contribution < 1.29 is 19.1 Å². The number of esters is 1. The van der Waals surface area contributed by atoms with Crippen LogP contribution in [0.2, 0.25) is 0 Å². The number of hydrogen-bond acceptors (Lipinski definition) is 4. The van der Waals surface area contributed by atoms with Gasteiger partial charge in [-0.05, 0) is 24.3 Å². The highest BCUT2D eigenvalue weighted by atomic mass is 16.5. The van der Waals surface area contributed by atoms with Gasteiger partial charge in [-0.3, -0.25) is 9.59 Å². The summed E-state index contributed by atoms with van der Waals surface area (Å²) in [5.41, 5.74) is 11.3. The quantitative estimate of drug-likeness (QED) is 0.806. The van der Waals surface area contributed by atoms with E-state index in [4.69, 9.17) is 16.2 Å². The minimum absolute atomic E-state index is 0.187. The molecule has 2 aromatic rings. The van der Waals surface area contributed by atoms with E-state index < -0.39 is 23.9 Å². The highest BCUT2D eigenvalue weighted by Crippen LogP contribution is 2.19. The van der Waals surface area contributed by atoms with Gasteiger partial charge in [0, 0.05) is 11.1 Å². The number of carbonyl (C=O) groups excluding carboxylic acids is 3. The van der Waals surface area contributed by atoms with E-state index in [1.165, 1.54) is 24.3 Å². The van der Waals surface area contributed by atoms with Crippen molar-refractivity contribution in [1.82, 2.24) is 0 Å². The summed E-state index contributed by atoms with van der Waals surface area (Å²) in [6.07, 6.45) is -1.18. The molecule has 0 saturated carbocycles. The Hall–Kier alpha value is -3.15. The summed E-state index contributed by atoms with van der Waals surface area (Å²) in [6, 6.07) is 14.1. The number of benzene rings is 2. The molecule has 0 spiro atoms. The van der Waals surface area contributed by atoms with Crippen LogP contribution in [0.4, 0.5) is 0 Å². The molecule has 112 valence electrons. The third-order valence-corrected chi connectivity index (χ3v) is 2.99. The first-order valence-corrected chi connectivity index (χ1v) is 6.44. The van der Waals surface area contributed by atoms with Gasteiger partial charge in [0.2, 0.25) is 12.0 Å². The molecular formula is C16H14N2O4. The average Bonchev–Trinajstić information content (AvgIpc) is 2.53. The first-order valence-electron chi connectivity index (χ1n) is 6.44. The van der Waals surface area contributed by atoms with Gasteiger partial charge in [-0.1, -0.05) is 30.3 Å². The van der Waals surface area contributed by atoms with Gasteiger partial charge in [-0.25, -0.2) is 4.79 Å². The molecule has 6 nitrogen and oxygen atoms in total. The van der Waals surface area contributed by atoms with Crippen LogP contribution in [0.3, 0.4) is 0 Å². The predicted molar refractivity (Wildman–Crippen MR) is 78.8 cm³/mol. The molecule has 0 heterocycles. The second-order valence-electron chi connectivity index (χ2n) is 4.54. The summed E-state index contributed by atoms with van der Waals surface area (Å²) in [5.74, 6) is -2.09. The van der Waals surface area contributed by atoms with Crippen LogP contribution in [-0.4, -0.2) is 17.8 Å². The van der Waals surface area contributed by atoms with E-state index in [0.717, 1.165) is 0 Å². The zero-order valence-corrected chi connectivity index (χ0v) is 11.6. The summed E-state index contributed by atoms with van der Waals surface area (Å²) in [5, 5.41) is 0. The second-order valence-corrected chi connectivity index (χ2v) is 4.54. The van der Waals surface area contributed by atoms with Crippen molar-refractivity contribution in [3.63, 3.8) is 0 Å². The Bertz CT molecular complexity index is 696. The standard InChI is InChI=1S/C16H14N2O4/c17-14(19)11-6-8-12(9-7-11)16(21)22-13(15(18)20)10-4-2-1-3-5-10/h1-9,13H,(H2,17,19)(H2,18,20)/t13-/m1/s1. The Morgan fingerprint density at radius 1 is 0.818 bits per heavy atom. The molecule has 0 aliphatic heterocycles. The number of nitrogens with two attached hydrogens (primary N) is 2. The lowest BCUT2D eigenvalue weighted by molar-refractivity contribution is -0.127. The van der Waals surface area contributed by atoms with Crippen LogP contribution in [0, 0.1) is 0 Å². The maximum absolute atomic E-state index is 12.1. The molecule has 0 aromatic heterocycles. The van der Waals surface area contributed by atoms with Crippen LogP contribution in [0.15, 0.2) is 54.6 Å². The van der Waals surface area contributed by atoms with Gasteiger partial charge in [0.25, 0.3) is 5.91 Å². The summed E-state index contributed by atoms with van der Waals surface area (Å²) < 4.78 is 5.15. The van der Waals surface area contributed by atoms with Crippen molar-refractivity contribution in [3.05, 3.63) is 71.3 Å². The van der Waals surface area contributed by atoms with Crippen LogP contribution in [0.1, 0.15) is 32.4 Å². The minimum atomic E-state index is -1.18. The van der Waals surface area contributed by atoms with Crippen molar-refractivity contribution >= 4 is 17.8 Å². The SMILES string of the molecule is NC(=O)c1ccc(C(=O)O[C@@H](C(N)=O)c2ccccc2)cc1. The molecular weight excluding hydrogens is 284 g/mol. The van der Waals surface area contributed by atoms with E-state index in [1.54, 1.807) is 30.3 Å². The van der Waals surface area contributed by atoms with Gasteiger partial charge in [0.05, 0.1) is 5.56 Å². The first-order chi connectivity index (χ1) is 10.5. The lowest BCUT2D eigenvalue weighted by atomic mass is 10.1. The lowest BCUT2D eigenvalue weighted by Crippen LogP contribution is -2.26. The Morgan fingerprint density at radius 3 is 1.86 bits per heavy atom. The number of ether oxygens (including phenoxy) is 1. The molecule has 2 amide bonds. The fourth-order valence-electron chi connectivity index (χ4n) is 1.86. The van der Waals surface area contributed by atoms with Gasteiger partial charge in [0.15, 0.2) is 0 Å². The molecule has 0 aliphatic rings. The van der Waals surface area contributed by atoms with E-state index >= 15 is 0 Å². The number of carbonyl (C=O) groups is 3. The molecule has 2 rings (SSSR count). The first kappa shape index (κ1) is 15.2. The molecule has 0 radical (unpaired) electrons. The fraction of sp³-hybridized carbons (Fsp3) is 0.0625. The topological polar surface area (TPSA) is 112 Å². The van der Waals surface area contributed by atoms with Crippen molar-refractivity contribution in [1.29, 1.82) is 0 Å². The molecule has 2 aromatic carbocycles. The highest BCUT2D eigenvalue weighted by Gasteiger charge is 2.23. The van der Waals surface area contributed by atoms with Crippen molar-refractivity contribution in [2.45, 2.75) is 6.10 Å². The normalized spacial score (nSPS) is 11.5. The zero-order valence-electron chi connectivity index (χ0n) is 11.6. The van der Waals surface area contributed by atoms with Crippen molar-refractivity contribution in [2.75, 3.05) is 0 Å². The van der Waals surface area contributed by atoms with Gasteiger partial charge in [-0.2, -0.15) is 0 Å². The van der Waals surface area contributed by atoms with Crippen molar-refractivity contribution in [3.8, 4) is 0 Å². The van der Waals surface area contributed by atoms with E-state index in [9.17, 15) is 14.4 Å². The Balaban J connectivity index is 2.18. The Kier molecular flexibility index (Phi) is 4.53. The van der Waals surface area contributed by atoms with Crippen molar-refractivity contribution in [2.24, 2.45) is 11.5 Å². The molecule has 0 bridgehead atoms. The monoisotopic (exact) mass is 298 g/mol. The zero-order chi connectivity index (χ0) is 16.1. The van der Waals surface area contributed by atoms with Crippen LogP contribution in [0.25, 0.3) is 0 Å². The van der Waals surface area contributed by atoms with Gasteiger partial charge in [0.1, 0.15) is 0 Å². The summed E-state index contributed by atoms with van der Waals surface area (Å²) in [6.45, 7) is 0. The predicted octanol–water partition coefficient (Wildman–Crippen LogP) is 1.17. The lowest BCUT2D eigenvalue weighted by Gasteiger charge is -2.15. The molecule has 4 N–H and O–H groups in total. The van der Waals surface area contributed by atoms with E-state index in [2.05, 4.69) is 0 Å². The average molecular weight is 298 g/mol. The maximum Gasteiger partial charge on any atom is 0.339 e. The van der Waals surface area contributed by atoms with E-state index in [1.807, 2.05) is 0 Å². The van der Waals surface area contributed by atoms with Crippen LogP contribution >= 0.6 is 0 Å². The molecule has 0 aliphatic carbocycles. The number of rotatable bonds is 5. The molecule has 0 fully saturated rings. The van der Waals surface area contributed by atoms with Crippen LogP contribution in [0.5, 0.6) is 0 Å². The number of amides is 2. The molecule has 0 unspecified atom stereocenters. The third kappa shape index (κ3) is 3.49. The summed E-state index contributed by atoms with van der Waals surface area (Å²) >= 11 is 0. The Morgan fingerprint density at radius 2 is 1.36 bits per heavy atom. The third-order valence-electron chi connectivity index (χ3n) is 2.99. The number of primary amides is 2. The molecule has 22 heavy (non-hydrogen) atoms. The highest BCUT2D eigenvalue weighted by molar-refractivity contribution is 5.96. The van der Waals surface area contributed by atoms with Gasteiger partial charge in [-0.15, -0.1) is 0 Å². The minimum Gasteiger partial charge on any atom is -0.444 e. The summed E-state index contributed by atoms with van der Waals surface area (Å²) in [4.78, 5) is 34.5. The summed E-state index contributed by atoms with van der Waals surface area (Å²) in [7, 11) is 0. The molecule has 0 saturated heterocycles. The van der Waals surface area contributed by atoms with Crippen LogP contribution in [-0.2, 0) is 9.53 Å². The largest absolute Gasteiger partial charge is 0.444 e. The Labute approximate surface area is 126 Å². The smallest absolute Gasteiger partial charge is 0.339 e. The number of hydrogen-bond donors (Lipinski definition) is 2. The van der Waals surface area contributed by atoms with Gasteiger partial charge >= 0.3 is 5.97 Å². The molecule has 1 atom stereocenters. The van der Waals surface area contributed by atoms with Gasteiger partial charge < -0.3 is 16.2 Å². The maximum atomic E-state index is 12.1. The van der Waals surface area contributed by atoms with E-state index in [0.29, 0.717) is 5.56 Å².